The third-order valence-electron chi connectivity index (χ3n) is 13.2. The Labute approximate surface area is 413 Å². The van der Waals surface area contributed by atoms with Gasteiger partial charge >= 0.3 is 0 Å². The average Bonchev–Trinajstić information content (AvgIpc) is 3.35. The van der Waals surface area contributed by atoms with Crippen molar-refractivity contribution in [1.29, 1.82) is 0 Å². The summed E-state index contributed by atoms with van der Waals surface area (Å²) in [5.74, 6) is -1.63. The number of aliphatic hydroxyl groups excluding tert-OH is 18. The summed E-state index contributed by atoms with van der Waals surface area (Å²) < 4.78 is 62.7. The Kier molecular flexibility index (Phi) is 21.3. The molecule has 33 nitrogen and oxygen atoms in total. The van der Waals surface area contributed by atoms with Gasteiger partial charge in [0.25, 0.3) is 0 Å². The highest BCUT2D eigenvalue weighted by Crippen LogP contribution is 2.35. The molecule has 73 heavy (non-hydrogen) atoms. The summed E-state index contributed by atoms with van der Waals surface area (Å²) in [5.41, 5.74) is 0. The van der Waals surface area contributed by atoms with Crippen molar-refractivity contribution in [2.45, 2.75) is 198 Å². The molecule has 2 amide bonds. The Hall–Kier alpha value is -2.22. The van der Waals surface area contributed by atoms with Gasteiger partial charge < -0.3 is 155 Å². The summed E-state index contributed by atoms with van der Waals surface area (Å²) in [6.07, 6.45) is -52.2. The number of ether oxygens (including phenoxy) is 11. The van der Waals surface area contributed by atoms with E-state index in [9.17, 15) is 102 Å². The standard InChI is InChI=1S/C40H68N2O31/c1-9(47)41-17-23(53)32(71-38-30(60)26(56)19(49)11(3-43)66-38)13(5-45)68-36(17)63-8-16-22(52)28(58)34(40(70-16)64-7-15-21(51)25(55)29(59)35(62)65-15)73-37-18(42-10(2)48)24(54)33(14(6-46)69-37)72-39-31(61)27(57)20(50)12(4-44)67-39/h11-40,43-46,49-62H,3-8H2,1-2H3,(H,41,47)(H,42,48)/t11-,12-,13-,14-,15-,16-,17-,18-,19+,20+,21-,22-,23-,24-,25+,26+,27+,28+,29+,30-,31-,32-,33-,34+,35-,36-,37+,38+,39+,40+/m1/s1. The third kappa shape index (κ3) is 13.2. The van der Waals surface area contributed by atoms with E-state index in [1.165, 1.54) is 0 Å². The van der Waals surface area contributed by atoms with Crippen LogP contribution in [-0.2, 0) is 61.7 Å². The first-order chi connectivity index (χ1) is 34.5. The number of hydrogen-bond donors (Lipinski definition) is 20. The van der Waals surface area contributed by atoms with Crippen LogP contribution in [0.1, 0.15) is 13.8 Å². The van der Waals surface area contributed by atoms with E-state index in [0.717, 1.165) is 13.8 Å². The van der Waals surface area contributed by atoms with Crippen molar-refractivity contribution in [3.8, 4) is 0 Å². The van der Waals surface area contributed by atoms with Crippen LogP contribution in [0, 0.1) is 0 Å². The molecule has 424 valence electrons. The fourth-order valence-electron chi connectivity index (χ4n) is 9.10. The van der Waals surface area contributed by atoms with Crippen molar-refractivity contribution in [2.24, 2.45) is 0 Å². The molecule has 0 aromatic rings. The number of carbonyl (C=O) groups excluding carboxylic acids is 2. The molecule has 0 unspecified atom stereocenters. The number of aliphatic hydroxyl groups is 18. The molecule has 0 aliphatic carbocycles. The molecule has 0 spiro atoms. The van der Waals surface area contributed by atoms with E-state index in [1.807, 2.05) is 0 Å². The number of hydrogen-bond acceptors (Lipinski definition) is 31. The van der Waals surface area contributed by atoms with Gasteiger partial charge in [-0.2, -0.15) is 0 Å². The highest BCUT2D eigenvalue weighted by molar-refractivity contribution is 5.73. The molecule has 20 N–H and O–H groups in total. The Morgan fingerprint density at radius 3 is 1.15 bits per heavy atom. The van der Waals surface area contributed by atoms with E-state index in [0.29, 0.717) is 0 Å². The topological polar surface area (TPSA) is 524 Å². The number of nitrogens with one attached hydrogen (secondary N) is 2. The molecule has 0 saturated carbocycles. The van der Waals surface area contributed by atoms with E-state index in [-0.39, 0.29) is 0 Å². The molecule has 30 atom stereocenters. The Balaban J connectivity index is 1.23. The van der Waals surface area contributed by atoms with Crippen LogP contribution >= 0.6 is 0 Å². The molecule has 0 aromatic heterocycles. The lowest BCUT2D eigenvalue weighted by molar-refractivity contribution is -0.379. The predicted molar refractivity (Wildman–Crippen MR) is 222 cm³/mol. The molecule has 6 fully saturated rings. The van der Waals surface area contributed by atoms with Gasteiger partial charge in [0.15, 0.2) is 37.7 Å². The van der Waals surface area contributed by atoms with Crippen LogP contribution in [0.5, 0.6) is 0 Å². The van der Waals surface area contributed by atoms with Crippen LogP contribution in [0.2, 0.25) is 0 Å². The van der Waals surface area contributed by atoms with Gasteiger partial charge in [-0.05, 0) is 0 Å². The molecule has 6 aliphatic rings. The van der Waals surface area contributed by atoms with Crippen molar-refractivity contribution in [3.05, 3.63) is 0 Å². The second-order valence-corrected chi connectivity index (χ2v) is 18.3. The van der Waals surface area contributed by atoms with Gasteiger partial charge in [-0.1, -0.05) is 0 Å². The summed E-state index contributed by atoms with van der Waals surface area (Å²) in [6.45, 7) is -3.36. The van der Waals surface area contributed by atoms with E-state index < -0.39 is 236 Å². The molecule has 33 heteroatoms. The van der Waals surface area contributed by atoms with Gasteiger partial charge in [0.05, 0.1) is 39.6 Å². The maximum absolute atomic E-state index is 12.5. The average molecular weight is 1070 g/mol. The maximum Gasteiger partial charge on any atom is 0.217 e. The lowest BCUT2D eigenvalue weighted by Gasteiger charge is -2.49. The molecular weight excluding hydrogens is 1000 g/mol. The van der Waals surface area contributed by atoms with Crippen LogP contribution in [-0.4, -0.2) is 327 Å². The van der Waals surface area contributed by atoms with Gasteiger partial charge in [-0.15, -0.1) is 0 Å². The van der Waals surface area contributed by atoms with Crippen LogP contribution in [0.3, 0.4) is 0 Å². The van der Waals surface area contributed by atoms with Gasteiger partial charge in [-0.3, -0.25) is 9.59 Å². The van der Waals surface area contributed by atoms with Crippen molar-refractivity contribution in [2.75, 3.05) is 39.6 Å². The zero-order chi connectivity index (χ0) is 53.9. The third-order valence-corrected chi connectivity index (χ3v) is 13.2. The van der Waals surface area contributed by atoms with Crippen LogP contribution in [0.15, 0.2) is 0 Å². The number of rotatable bonds is 18. The lowest BCUT2D eigenvalue weighted by atomic mass is 9.94. The summed E-state index contributed by atoms with van der Waals surface area (Å²) >= 11 is 0. The molecule has 6 rings (SSSR count). The summed E-state index contributed by atoms with van der Waals surface area (Å²) in [5, 5.41) is 195. The number of carbonyl (C=O) groups is 2. The smallest absolute Gasteiger partial charge is 0.217 e. The molecule has 6 heterocycles. The first-order valence-corrected chi connectivity index (χ1v) is 23.1. The van der Waals surface area contributed by atoms with Crippen LogP contribution in [0.4, 0.5) is 0 Å². The van der Waals surface area contributed by atoms with E-state index in [1.54, 1.807) is 0 Å². The van der Waals surface area contributed by atoms with Gasteiger partial charge in [0.1, 0.15) is 146 Å². The first kappa shape index (κ1) is 60.0. The maximum atomic E-state index is 12.5. The van der Waals surface area contributed by atoms with Crippen molar-refractivity contribution in [3.63, 3.8) is 0 Å². The fourth-order valence-corrected chi connectivity index (χ4v) is 9.10. The molecule has 6 aliphatic heterocycles. The second-order valence-electron chi connectivity index (χ2n) is 18.3. The Morgan fingerprint density at radius 1 is 0.356 bits per heavy atom. The summed E-state index contributed by atoms with van der Waals surface area (Å²) in [7, 11) is 0. The van der Waals surface area contributed by atoms with Crippen LogP contribution < -0.4 is 10.6 Å². The minimum absolute atomic E-state index is 0.786. The van der Waals surface area contributed by atoms with E-state index in [2.05, 4.69) is 10.6 Å². The van der Waals surface area contributed by atoms with Gasteiger partial charge in [0, 0.05) is 13.8 Å². The Bertz CT molecular complexity index is 1740. The lowest BCUT2D eigenvalue weighted by Crippen LogP contribution is -2.69. The molecule has 6 saturated heterocycles. The van der Waals surface area contributed by atoms with Crippen molar-refractivity contribution < 1.29 is 154 Å². The normalized spacial score (nSPS) is 49.8. The first-order valence-electron chi connectivity index (χ1n) is 23.1. The zero-order valence-corrected chi connectivity index (χ0v) is 38.9. The van der Waals surface area contributed by atoms with E-state index in [4.69, 9.17) is 52.1 Å². The zero-order valence-electron chi connectivity index (χ0n) is 38.9. The minimum atomic E-state index is -2.19. The molecular formula is C40H68N2O31. The molecule has 0 radical (unpaired) electrons. The molecule has 0 aromatic carbocycles. The SMILES string of the molecule is CC(=O)N[C@H]1[C@H](OC[C@H]2O[C@H](OC[C@H]3O[C@@H](O)[C@@H](O)[C@@H](O)[C@@H]3O)[C@@H](O[C@@H]3O[C@H](CO)[C@@H](O[C@@H]4O[C@H](CO)[C@H](O)[C@H](O)[C@H]4O)[C@H](O)[C@H]3NC(C)=O)[C@@H](O)[C@@H]2O)O[C@H](CO)[C@@H](O[C@@H]2O[C@H](CO)[C@H](O)[C@H](O)[C@H]2O)[C@@H]1O. The fraction of sp³-hybridized carbons (Fsp3) is 0.950. The van der Waals surface area contributed by atoms with Gasteiger partial charge in [0.2, 0.25) is 11.8 Å². The van der Waals surface area contributed by atoms with Crippen LogP contribution in [0.25, 0.3) is 0 Å². The predicted octanol–water partition coefficient (Wildman–Crippen LogP) is -13.8. The van der Waals surface area contributed by atoms with E-state index >= 15 is 0 Å². The summed E-state index contributed by atoms with van der Waals surface area (Å²) in [4.78, 5) is 24.9. The quantitative estimate of drug-likeness (QED) is 0.0606. The highest BCUT2D eigenvalue weighted by Gasteiger charge is 2.56. The van der Waals surface area contributed by atoms with Gasteiger partial charge in [-0.25, -0.2) is 0 Å². The van der Waals surface area contributed by atoms with Crippen molar-refractivity contribution in [1.82, 2.24) is 10.6 Å². The minimum Gasteiger partial charge on any atom is -0.394 e. The number of amides is 2. The monoisotopic (exact) mass is 1070 g/mol. The molecule has 0 bridgehead atoms. The second kappa shape index (κ2) is 26.0. The van der Waals surface area contributed by atoms with Crippen molar-refractivity contribution >= 4 is 11.8 Å². The largest absolute Gasteiger partial charge is 0.394 e. The summed E-state index contributed by atoms with van der Waals surface area (Å²) in [6, 6.07) is -3.39. The Morgan fingerprint density at radius 2 is 0.699 bits per heavy atom. The highest BCUT2D eigenvalue weighted by atomic mass is 16.8.